The number of hydrogen-bond acceptors (Lipinski definition) is 3. The molecule has 1 N–H and O–H groups in total. The summed E-state index contributed by atoms with van der Waals surface area (Å²) in [5.41, 5.74) is -2.08. The van der Waals surface area contributed by atoms with E-state index < -0.39 is 35.3 Å². The van der Waals surface area contributed by atoms with Gasteiger partial charge in [0.1, 0.15) is 5.60 Å². The zero-order valence-electron chi connectivity index (χ0n) is 10.7. The third-order valence-electron chi connectivity index (χ3n) is 3.02. The lowest BCUT2D eigenvalue weighted by Gasteiger charge is -2.43. The van der Waals surface area contributed by atoms with Crippen LogP contribution in [-0.2, 0) is 14.3 Å². The van der Waals surface area contributed by atoms with Crippen molar-refractivity contribution in [2.75, 3.05) is 0 Å². The molecule has 0 spiro atoms. The van der Waals surface area contributed by atoms with Crippen molar-refractivity contribution >= 4 is 11.9 Å². The molecule has 0 aromatic carbocycles. The monoisotopic (exact) mass is 264 g/mol. The normalized spacial score (nSPS) is 27.8. The van der Waals surface area contributed by atoms with Crippen LogP contribution in [0.25, 0.3) is 0 Å². The first-order chi connectivity index (χ1) is 8.06. The lowest BCUT2D eigenvalue weighted by atomic mass is 9.60. The van der Waals surface area contributed by atoms with E-state index in [4.69, 9.17) is 9.84 Å². The Labute approximate surface area is 104 Å². The SMILES string of the molecule is CC(C)(C)OC(=O)CC1(C(=O)O)CC(C(F)F)C1. The molecule has 1 rings (SSSR count). The van der Waals surface area contributed by atoms with E-state index in [-0.39, 0.29) is 19.3 Å². The number of hydrogen-bond donors (Lipinski definition) is 1. The third kappa shape index (κ3) is 3.40. The molecule has 104 valence electrons. The van der Waals surface area contributed by atoms with Crippen molar-refractivity contribution < 1.29 is 28.2 Å². The van der Waals surface area contributed by atoms with Gasteiger partial charge in [0, 0.05) is 5.92 Å². The molecule has 1 saturated carbocycles. The molecule has 0 bridgehead atoms. The summed E-state index contributed by atoms with van der Waals surface area (Å²) in [6, 6.07) is 0. The molecule has 18 heavy (non-hydrogen) atoms. The van der Waals surface area contributed by atoms with E-state index in [1.807, 2.05) is 0 Å². The first kappa shape index (κ1) is 14.9. The zero-order chi connectivity index (χ0) is 14.1. The van der Waals surface area contributed by atoms with Crippen molar-refractivity contribution in [1.29, 1.82) is 0 Å². The van der Waals surface area contributed by atoms with Gasteiger partial charge < -0.3 is 9.84 Å². The second-order valence-electron chi connectivity index (χ2n) is 5.85. The Morgan fingerprint density at radius 2 is 1.89 bits per heavy atom. The number of rotatable bonds is 4. The number of aliphatic carboxylic acids is 1. The third-order valence-corrected chi connectivity index (χ3v) is 3.02. The predicted octanol–water partition coefficient (Wildman–Crippen LogP) is 2.46. The minimum atomic E-state index is -2.53. The van der Waals surface area contributed by atoms with Gasteiger partial charge in [-0.2, -0.15) is 0 Å². The Morgan fingerprint density at radius 1 is 1.39 bits per heavy atom. The van der Waals surface area contributed by atoms with Crippen LogP contribution >= 0.6 is 0 Å². The van der Waals surface area contributed by atoms with Crippen molar-refractivity contribution in [3.05, 3.63) is 0 Å². The van der Waals surface area contributed by atoms with Crippen LogP contribution in [0.3, 0.4) is 0 Å². The van der Waals surface area contributed by atoms with E-state index in [1.54, 1.807) is 20.8 Å². The number of esters is 1. The van der Waals surface area contributed by atoms with E-state index in [0.717, 1.165) is 0 Å². The molecule has 1 aliphatic rings. The van der Waals surface area contributed by atoms with E-state index in [9.17, 15) is 18.4 Å². The fraction of sp³-hybridized carbons (Fsp3) is 0.833. The van der Waals surface area contributed by atoms with Crippen LogP contribution in [0, 0.1) is 11.3 Å². The number of halogens is 2. The van der Waals surface area contributed by atoms with Crippen molar-refractivity contribution in [2.45, 2.75) is 52.1 Å². The lowest BCUT2D eigenvalue weighted by Crippen LogP contribution is -2.48. The average molecular weight is 264 g/mol. The van der Waals surface area contributed by atoms with Crippen LogP contribution in [0.4, 0.5) is 8.78 Å². The highest BCUT2D eigenvalue weighted by Gasteiger charge is 2.54. The minimum Gasteiger partial charge on any atom is -0.481 e. The smallest absolute Gasteiger partial charge is 0.310 e. The summed E-state index contributed by atoms with van der Waals surface area (Å²) in [5, 5.41) is 9.08. The Balaban J connectivity index is 2.62. The largest absolute Gasteiger partial charge is 0.481 e. The van der Waals surface area contributed by atoms with Crippen LogP contribution in [-0.4, -0.2) is 29.1 Å². The summed E-state index contributed by atoms with van der Waals surface area (Å²) in [4.78, 5) is 22.7. The molecule has 6 heteroatoms. The van der Waals surface area contributed by atoms with Gasteiger partial charge in [0.15, 0.2) is 0 Å². The Bertz CT molecular complexity index is 340. The highest BCUT2D eigenvalue weighted by molar-refractivity contribution is 5.83. The Morgan fingerprint density at radius 3 is 2.22 bits per heavy atom. The van der Waals surface area contributed by atoms with Crippen LogP contribution < -0.4 is 0 Å². The second kappa shape index (κ2) is 4.82. The van der Waals surface area contributed by atoms with Gasteiger partial charge >= 0.3 is 11.9 Å². The molecule has 0 amide bonds. The van der Waals surface area contributed by atoms with Gasteiger partial charge in [0.05, 0.1) is 11.8 Å². The lowest BCUT2D eigenvalue weighted by molar-refractivity contribution is -0.176. The number of ether oxygens (including phenoxy) is 1. The maximum atomic E-state index is 12.4. The van der Waals surface area contributed by atoms with Crippen molar-refractivity contribution in [3.8, 4) is 0 Å². The van der Waals surface area contributed by atoms with E-state index >= 15 is 0 Å². The molecule has 1 aliphatic carbocycles. The Kier molecular flexibility index (Phi) is 3.98. The maximum Gasteiger partial charge on any atom is 0.310 e. The van der Waals surface area contributed by atoms with Gasteiger partial charge in [-0.3, -0.25) is 9.59 Å². The number of carboxylic acids is 1. The van der Waals surface area contributed by atoms with Crippen LogP contribution in [0.5, 0.6) is 0 Å². The molecule has 1 fully saturated rings. The predicted molar refractivity (Wildman–Crippen MR) is 59.3 cm³/mol. The van der Waals surface area contributed by atoms with E-state index in [0.29, 0.717) is 0 Å². The molecular formula is C12H18F2O4. The van der Waals surface area contributed by atoms with Gasteiger partial charge in [-0.1, -0.05) is 0 Å². The molecule has 0 radical (unpaired) electrons. The summed E-state index contributed by atoms with van der Waals surface area (Å²) in [6.45, 7) is 5.00. The van der Waals surface area contributed by atoms with Crippen LogP contribution in [0.1, 0.15) is 40.0 Å². The quantitative estimate of drug-likeness (QED) is 0.792. The molecule has 0 aromatic rings. The molecule has 0 aliphatic heterocycles. The van der Waals surface area contributed by atoms with E-state index in [1.165, 1.54) is 0 Å². The number of alkyl halides is 2. The summed E-state index contributed by atoms with van der Waals surface area (Å²) >= 11 is 0. The van der Waals surface area contributed by atoms with Gasteiger partial charge in [-0.15, -0.1) is 0 Å². The first-order valence-electron chi connectivity index (χ1n) is 5.79. The van der Waals surface area contributed by atoms with Crippen LogP contribution in [0.2, 0.25) is 0 Å². The summed E-state index contributed by atoms with van der Waals surface area (Å²) in [6.07, 6.45) is -3.21. The first-order valence-corrected chi connectivity index (χ1v) is 5.79. The second-order valence-corrected chi connectivity index (χ2v) is 5.85. The summed E-state index contributed by atoms with van der Waals surface area (Å²) < 4.78 is 29.8. The van der Waals surface area contributed by atoms with Crippen molar-refractivity contribution in [1.82, 2.24) is 0 Å². The molecule has 0 saturated heterocycles. The average Bonchev–Trinajstić information content (AvgIpc) is 2.05. The number of carboxylic acid groups (broad SMARTS) is 1. The van der Waals surface area contributed by atoms with Gasteiger partial charge in [-0.25, -0.2) is 8.78 Å². The molecule has 0 aromatic heterocycles. The highest BCUT2D eigenvalue weighted by atomic mass is 19.3. The van der Waals surface area contributed by atoms with Crippen molar-refractivity contribution in [3.63, 3.8) is 0 Å². The van der Waals surface area contributed by atoms with E-state index in [2.05, 4.69) is 0 Å². The highest BCUT2D eigenvalue weighted by Crippen LogP contribution is 2.51. The Hall–Kier alpha value is -1.20. The number of carbonyl (C=O) groups excluding carboxylic acids is 1. The molecule has 4 nitrogen and oxygen atoms in total. The van der Waals surface area contributed by atoms with Crippen molar-refractivity contribution in [2.24, 2.45) is 11.3 Å². The van der Waals surface area contributed by atoms with Crippen LogP contribution in [0.15, 0.2) is 0 Å². The summed E-state index contributed by atoms with van der Waals surface area (Å²) in [7, 11) is 0. The molecular weight excluding hydrogens is 246 g/mol. The maximum absolute atomic E-state index is 12.4. The summed E-state index contributed by atoms with van der Waals surface area (Å²) in [5.74, 6) is -2.79. The fourth-order valence-corrected chi connectivity index (χ4v) is 2.17. The molecule has 0 atom stereocenters. The molecule has 0 heterocycles. The standard InChI is InChI=1S/C12H18F2O4/c1-11(2,3)18-8(15)6-12(10(16)17)4-7(5-12)9(13)14/h7,9H,4-6H2,1-3H3,(H,16,17). The minimum absolute atomic E-state index is 0.167. The van der Waals surface area contributed by atoms with Gasteiger partial charge in [-0.05, 0) is 33.6 Å². The van der Waals surface area contributed by atoms with Gasteiger partial charge in [0.25, 0.3) is 0 Å². The van der Waals surface area contributed by atoms with Gasteiger partial charge in [0.2, 0.25) is 6.43 Å². The fourth-order valence-electron chi connectivity index (χ4n) is 2.17. The zero-order valence-corrected chi connectivity index (χ0v) is 10.7. The molecule has 0 unspecified atom stereocenters. The topological polar surface area (TPSA) is 63.6 Å². The number of carbonyl (C=O) groups is 2.